The van der Waals surface area contributed by atoms with Gasteiger partial charge in [-0.2, -0.15) is 0 Å². The first kappa shape index (κ1) is 7.25. The molecule has 0 amide bonds. The molecular formula is C6H6S3. The summed E-state index contributed by atoms with van der Waals surface area (Å²) in [5.74, 6) is 0. The zero-order valence-corrected chi connectivity index (χ0v) is 7.45. The highest BCUT2D eigenvalue weighted by atomic mass is 32.1. The van der Waals surface area contributed by atoms with Gasteiger partial charge in [0, 0.05) is 0 Å². The Labute approximate surface area is 69.3 Å². The van der Waals surface area contributed by atoms with Crippen LogP contribution in [-0.2, 0) is 0 Å². The lowest BCUT2D eigenvalue weighted by Crippen LogP contribution is -1.82. The van der Waals surface area contributed by atoms with Crippen molar-refractivity contribution in [2.24, 2.45) is 0 Å². The number of thiocarbonyl (C=S) groups is 1. The van der Waals surface area contributed by atoms with E-state index in [2.05, 4.69) is 12.6 Å². The van der Waals surface area contributed by atoms with Crippen LogP contribution in [-0.4, -0.2) is 4.20 Å². The van der Waals surface area contributed by atoms with Gasteiger partial charge in [-0.25, -0.2) is 0 Å². The van der Waals surface area contributed by atoms with E-state index in [1.165, 1.54) is 5.56 Å². The molecule has 0 aromatic carbocycles. The van der Waals surface area contributed by atoms with Crippen LogP contribution in [0.2, 0.25) is 0 Å². The molecule has 0 aliphatic heterocycles. The molecule has 0 aliphatic carbocycles. The predicted molar refractivity (Wildman–Crippen MR) is 49.7 cm³/mol. The van der Waals surface area contributed by atoms with Crippen LogP contribution in [0.25, 0.3) is 0 Å². The fraction of sp³-hybridized carbons (Fsp3) is 0.167. The second-order valence-corrected chi connectivity index (χ2v) is 3.81. The maximum absolute atomic E-state index is 4.88. The van der Waals surface area contributed by atoms with E-state index in [1.54, 1.807) is 11.3 Å². The van der Waals surface area contributed by atoms with Crippen molar-refractivity contribution in [3.05, 3.63) is 21.9 Å². The molecule has 0 unspecified atom stereocenters. The summed E-state index contributed by atoms with van der Waals surface area (Å²) >= 11 is 10.6. The molecule has 0 bridgehead atoms. The molecule has 1 aromatic rings. The number of hydrogen-bond acceptors (Lipinski definition) is 2. The van der Waals surface area contributed by atoms with Crippen LogP contribution >= 0.6 is 36.2 Å². The summed E-state index contributed by atoms with van der Waals surface area (Å²) in [7, 11) is 0. The Bertz CT molecular complexity index is 224. The molecule has 0 radical (unpaired) electrons. The van der Waals surface area contributed by atoms with Crippen molar-refractivity contribution in [1.29, 1.82) is 0 Å². The van der Waals surface area contributed by atoms with Gasteiger partial charge in [0.25, 0.3) is 0 Å². The van der Waals surface area contributed by atoms with Gasteiger partial charge in [-0.15, -0.1) is 24.0 Å². The molecule has 0 N–H and O–H groups in total. The molecule has 1 rings (SSSR count). The first-order valence-electron chi connectivity index (χ1n) is 2.49. The molecule has 1 heterocycles. The van der Waals surface area contributed by atoms with E-state index < -0.39 is 0 Å². The average Bonchev–Trinajstić information content (AvgIpc) is 2.13. The lowest BCUT2D eigenvalue weighted by atomic mass is 10.3. The summed E-state index contributed by atoms with van der Waals surface area (Å²) in [6, 6.07) is 2.04. The van der Waals surface area contributed by atoms with Crippen molar-refractivity contribution in [2.45, 2.75) is 6.92 Å². The minimum Gasteiger partial charge on any atom is -0.142 e. The van der Waals surface area contributed by atoms with Crippen LogP contribution in [0.5, 0.6) is 0 Å². The highest BCUT2D eigenvalue weighted by molar-refractivity contribution is 8.12. The third-order valence-corrected chi connectivity index (χ3v) is 2.80. The Morgan fingerprint density at radius 2 is 2.44 bits per heavy atom. The van der Waals surface area contributed by atoms with Gasteiger partial charge in [-0.3, -0.25) is 0 Å². The van der Waals surface area contributed by atoms with Gasteiger partial charge in [0.2, 0.25) is 0 Å². The standard InChI is InChI=1S/C6H6S3/c1-4-2-3-9-5(4)6(7)8/h2-3H,1H3,(H,7,8). The highest BCUT2D eigenvalue weighted by Crippen LogP contribution is 2.17. The summed E-state index contributed by atoms with van der Waals surface area (Å²) in [4.78, 5) is 1.12. The van der Waals surface area contributed by atoms with Crippen molar-refractivity contribution in [3.63, 3.8) is 0 Å². The predicted octanol–water partition coefficient (Wildman–Crippen LogP) is 2.66. The summed E-state index contributed by atoms with van der Waals surface area (Å²) in [5.41, 5.74) is 1.22. The zero-order chi connectivity index (χ0) is 6.85. The van der Waals surface area contributed by atoms with Gasteiger partial charge in [0.15, 0.2) is 0 Å². The van der Waals surface area contributed by atoms with E-state index in [9.17, 15) is 0 Å². The molecule has 0 atom stereocenters. The molecule has 48 valence electrons. The van der Waals surface area contributed by atoms with Crippen LogP contribution in [0.4, 0.5) is 0 Å². The SMILES string of the molecule is Cc1ccsc1C(=S)S. The Hall–Kier alpha value is 0.140. The summed E-state index contributed by atoms with van der Waals surface area (Å²) in [5, 5.41) is 2.02. The van der Waals surface area contributed by atoms with Crippen LogP contribution in [0.3, 0.4) is 0 Å². The van der Waals surface area contributed by atoms with E-state index >= 15 is 0 Å². The minimum absolute atomic E-state index is 0.697. The van der Waals surface area contributed by atoms with Crippen molar-refractivity contribution in [2.75, 3.05) is 0 Å². The number of rotatable bonds is 1. The molecule has 0 nitrogen and oxygen atoms in total. The minimum atomic E-state index is 0.697. The van der Waals surface area contributed by atoms with Gasteiger partial charge in [0.1, 0.15) is 0 Å². The average molecular weight is 174 g/mol. The summed E-state index contributed by atoms with van der Waals surface area (Å²) in [6.45, 7) is 2.04. The van der Waals surface area contributed by atoms with Crippen molar-refractivity contribution >= 4 is 40.4 Å². The molecule has 0 spiro atoms. The van der Waals surface area contributed by atoms with Crippen molar-refractivity contribution < 1.29 is 0 Å². The van der Waals surface area contributed by atoms with Crippen LogP contribution in [0, 0.1) is 6.92 Å². The van der Waals surface area contributed by atoms with Gasteiger partial charge in [-0.05, 0) is 23.9 Å². The lowest BCUT2D eigenvalue weighted by molar-refractivity contribution is 1.55. The maximum atomic E-state index is 4.88. The fourth-order valence-electron chi connectivity index (χ4n) is 0.592. The largest absolute Gasteiger partial charge is 0.142 e. The molecule has 9 heavy (non-hydrogen) atoms. The quantitative estimate of drug-likeness (QED) is 0.504. The van der Waals surface area contributed by atoms with Crippen LogP contribution in [0.1, 0.15) is 10.4 Å². The number of thiophene rings is 1. The highest BCUT2D eigenvalue weighted by Gasteiger charge is 1.99. The van der Waals surface area contributed by atoms with Gasteiger partial charge < -0.3 is 0 Å². The van der Waals surface area contributed by atoms with E-state index in [-0.39, 0.29) is 0 Å². The van der Waals surface area contributed by atoms with E-state index in [0.717, 1.165) is 4.88 Å². The lowest BCUT2D eigenvalue weighted by Gasteiger charge is -1.90. The number of hydrogen-bond donors (Lipinski definition) is 1. The first-order valence-corrected chi connectivity index (χ1v) is 4.22. The Balaban J connectivity index is 3.08. The number of aryl methyl sites for hydroxylation is 1. The molecule has 0 saturated carbocycles. The molecule has 0 fully saturated rings. The third kappa shape index (κ3) is 1.53. The van der Waals surface area contributed by atoms with Gasteiger partial charge in [0.05, 0.1) is 9.07 Å². The van der Waals surface area contributed by atoms with Gasteiger partial charge >= 0.3 is 0 Å². The Morgan fingerprint density at radius 1 is 1.78 bits per heavy atom. The molecule has 0 aliphatic rings. The van der Waals surface area contributed by atoms with E-state index in [4.69, 9.17) is 12.2 Å². The summed E-state index contributed by atoms with van der Waals surface area (Å²) in [6.07, 6.45) is 0. The van der Waals surface area contributed by atoms with E-state index in [0.29, 0.717) is 4.20 Å². The molecular weight excluding hydrogens is 168 g/mol. The summed E-state index contributed by atoms with van der Waals surface area (Å²) < 4.78 is 0.697. The van der Waals surface area contributed by atoms with Crippen molar-refractivity contribution in [3.8, 4) is 0 Å². The maximum Gasteiger partial charge on any atom is 0.0850 e. The molecule has 3 heteroatoms. The van der Waals surface area contributed by atoms with Crippen LogP contribution in [0.15, 0.2) is 11.4 Å². The Kier molecular flexibility index (Phi) is 2.27. The smallest absolute Gasteiger partial charge is 0.0850 e. The second kappa shape index (κ2) is 2.82. The molecule has 1 aromatic heterocycles. The number of thiol groups is 1. The monoisotopic (exact) mass is 174 g/mol. The first-order chi connectivity index (χ1) is 4.22. The second-order valence-electron chi connectivity index (χ2n) is 1.74. The Morgan fingerprint density at radius 3 is 2.67 bits per heavy atom. The fourth-order valence-corrected chi connectivity index (χ4v) is 1.99. The van der Waals surface area contributed by atoms with Crippen LogP contribution < -0.4 is 0 Å². The zero-order valence-electron chi connectivity index (χ0n) is 4.92. The topological polar surface area (TPSA) is 0 Å². The van der Waals surface area contributed by atoms with Gasteiger partial charge in [-0.1, -0.05) is 12.2 Å². The molecule has 0 saturated heterocycles. The normalized spacial score (nSPS) is 9.56. The van der Waals surface area contributed by atoms with Crippen molar-refractivity contribution in [1.82, 2.24) is 0 Å². The third-order valence-electron chi connectivity index (χ3n) is 1.06. The van der Waals surface area contributed by atoms with E-state index in [1.807, 2.05) is 18.4 Å².